The molecule has 88 valence electrons. The summed E-state index contributed by atoms with van der Waals surface area (Å²) in [4.78, 5) is 6.35. The van der Waals surface area contributed by atoms with Crippen LogP contribution in [0.15, 0.2) is 24.9 Å². The lowest BCUT2D eigenvalue weighted by atomic mass is 10.2. The molecule has 0 bridgehead atoms. The third-order valence-electron chi connectivity index (χ3n) is 2.33. The smallest absolute Gasteiger partial charge is 0.129 e. The van der Waals surface area contributed by atoms with Gasteiger partial charge in [-0.1, -0.05) is 17.7 Å². The molecule has 4 heteroatoms. The molecule has 0 aliphatic heterocycles. The second kappa shape index (κ2) is 5.87. The summed E-state index contributed by atoms with van der Waals surface area (Å²) in [6.07, 6.45) is 3.40. The molecule has 1 aromatic heterocycles. The largest absolute Gasteiger partial charge is 0.392 e. The number of hydrogen-bond acceptors (Lipinski definition) is 3. The Labute approximate surface area is 101 Å². The van der Waals surface area contributed by atoms with E-state index in [1.807, 2.05) is 12.1 Å². The van der Waals surface area contributed by atoms with Crippen LogP contribution in [0.1, 0.15) is 19.4 Å². The highest BCUT2D eigenvalue weighted by molar-refractivity contribution is 6.31. The minimum Gasteiger partial charge on any atom is -0.392 e. The van der Waals surface area contributed by atoms with Gasteiger partial charge < -0.3 is 10.0 Å². The van der Waals surface area contributed by atoms with Crippen molar-refractivity contribution in [3.63, 3.8) is 0 Å². The van der Waals surface area contributed by atoms with E-state index in [0.717, 1.165) is 12.4 Å². The van der Waals surface area contributed by atoms with E-state index in [2.05, 4.69) is 30.3 Å². The van der Waals surface area contributed by atoms with Gasteiger partial charge in [-0.05, 0) is 19.9 Å². The Bertz CT molecular complexity index is 366. The van der Waals surface area contributed by atoms with E-state index in [1.165, 1.54) is 0 Å². The molecule has 0 amide bonds. The van der Waals surface area contributed by atoms with Gasteiger partial charge in [-0.15, -0.1) is 6.58 Å². The molecule has 1 aromatic rings. The van der Waals surface area contributed by atoms with Crippen molar-refractivity contribution in [2.24, 2.45) is 0 Å². The third-order valence-corrected chi connectivity index (χ3v) is 2.67. The van der Waals surface area contributed by atoms with Gasteiger partial charge in [-0.25, -0.2) is 4.98 Å². The fraction of sp³-hybridized carbons (Fsp3) is 0.417. The average molecular weight is 241 g/mol. The lowest BCUT2D eigenvalue weighted by Crippen LogP contribution is -2.31. The van der Waals surface area contributed by atoms with Crippen LogP contribution in [0.4, 0.5) is 5.82 Å². The Morgan fingerprint density at radius 3 is 2.81 bits per heavy atom. The first-order chi connectivity index (χ1) is 7.60. The van der Waals surface area contributed by atoms with Crippen molar-refractivity contribution >= 4 is 17.4 Å². The van der Waals surface area contributed by atoms with Gasteiger partial charge in [0.25, 0.3) is 0 Å². The Kier molecular flexibility index (Phi) is 4.77. The lowest BCUT2D eigenvalue weighted by molar-refractivity contribution is 0.282. The number of anilines is 1. The van der Waals surface area contributed by atoms with Crippen LogP contribution in [0.25, 0.3) is 0 Å². The van der Waals surface area contributed by atoms with Crippen LogP contribution in [0.2, 0.25) is 5.02 Å². The number of rotatable bonds is 5. The van der Waals surface area contributed by atoms with Crippen LogP contribution in [-0.4, -0.2) is 22.7 Å². The zero-order chi connectivity index (χ0) is 12.1. The van der Waals surface area contributed by atoms with E-state index < -0.39 is 0 Å². The molecule has 0 fully saturated rings. The standard InChI is InChI=1S/C12H17ClN2O/c1-4-5-15(9(2)3)12-6-10(8-16)11(13)7-14-12/h4,6-7,9,16H,1,5,8H2,2-3H3. The van der Waals surface area contributed by atoms with Crippen molar-refractivity contribution in [2.45, 2.75) is 26.5 Å². The summed E-state index contributed by atoms with van der Waals surface area (Å²) in [7, 11) is 0. The summed E-state index contributed by atoms with van der Waals surface area (Å²) < 4.78 is 0. The van der Waals surface area contributed by atoms with Crippen LogP contribution in [0.3, 0.4) is 0 Å². The molecule has 0 atom stereocenters. The van der Waals surface area contributed by atoms with Crippen LogP contribution in [0.5, 0.6) is 0 Å². The second-order valence-corrected chi connectivity index (χ2v) is 4.23. The predicted octanol–water partition coefficient (Wildman–Crippen LogP) is 2.63. The van der Waals surface area contributed by atoms with Crippen LogP contribution in [0, 0.1) is 0 Å². The van der Waals surface area contributed by atoms with E-state index in [-0.39, 0.29) is 6.61 Å². The van der Waals surface area contributed by atoms with E-state index in [0.29, 0.717) is 16.6 Å². The van der Waals surface area contributed by atoms with E-state index in [4.69, 9.17) is 16.7 Å². The number of nitrogens with zero attached hydrogens (tertiary/aromatic N) is 2. The third kappa shape index (κ3) is 2.97. The van der Waals surface area contributed by atoms with Crippen LogP contribution in [-0.2, 0) is 6.61 Å². The van der Waals surface area contributed by atoms with Gasteiger partial charge in [0.1, 0.15) is 5.82 Å². The molecule has 0 spiro atoms. The zero-order valence-corrected chi connectivity index (χ0v) is 10.4. The van der Waals surface area contributed by atoms with Crippen molar-refractivity contribution in [1.82, 2.24) is 4.98 Å². The highest BCUT2D eigenvalue weighted by Gasteiger charge is 2.12. The quantitative estimate of drug-likeness (QED) is 0.804. The van der Waals surface area contributed by atoms with Crippen molar-refractivity contribution in [3.8, 4) is 0 Å². The highest BCUT2D eigenvalue weighted by atomic mass is 35.5. The van der Waals surface area contributed by atoms with Gasteiger partial charge in [0.15, 0.2) is 0 Å². The van der Waals surface area contributed by atoms with Gasteiger partial charge in [-0.2, -0.15) is 0 Å². The molecule has 1 N–H and O–H groups in total. The Balaban J connectivity index is 3.04. The first-order valence-electron chi connectivity index (χ1n) is 5.23. The minimum absolute atomic E-state index is 0.0750. The van der Waals surface area contributed by atoms with E-state index in [9.17, 15) is 0 Å². The molecule has 0 radical (unpaired) electrons. The summed E-state index contributed by atoms with van der Waals surface area (Å²) in [5.74, 6) is 0.809. The number of halogens is 1. The summed E-state index contributed by atoms with van der Waals surface area (Å²) in [5, 5.41) is 9.64. The highest BCUT2D eigenvalue weighted by Crippen LogP contribution is 2.21. The minimum atomic E-state index is -0.0750. The number of aliphatic hydroxyl groups is 1. The Hall–Kier alpha value is -1.06. The molecule has 16 heavy (non-hydrogen) atoms. The van der Waals surface area contributed by atoms with Gasteiger partial charge >= 0.3 is 0 Å². The maximum absolute atomic E-state index is 9.14. The maximum atomic E-state index is 9.14. The molecular weight excluding hydrogens is 224 g/mol. The van der Waals surface area contributed by atoms with Gasteiger partial charge in [0.2, 0.25) is 0 Å². The summed E-state index contributed by atoms with van der Waals surface area (Å²) >= 11 is 5.90. The number of aromatic nitrogens is 1. The summed E-state index contributed by atoms with van der Waals surface area (Å²) in [6.45, 7) is 8.53. The number of pyridine rings is 1. The number of hydrogen-bond donors (Lipinski definition) is 1. The Morgan fingerprint density at radius 2 is 2.31 bits per heavy atom. The topological polar surface area (TPSA) is 36.4 Å². The molecule has 0 aliphatic rings. The normalized spacial score (nSPS) is 10.6. The first-order valence-corrected chi connectivity index (χ1v) is 5.60. The molecule has 0 saturated heterocycles. The molecule has 0 aromatic carbocycles. The maximum Gasteiger partial charge on any atom is 0.129 e. The lowest BCUT2D eigenvalue weighted by Gasteiger charge is -2.26. The molecule has 0 unspecified atom stereocenters. The molecule has 1 rings (SSSR count). The Morgan fingerprint density at radius 1 is 1.62 bits per heavy atom. The van der Waals surface area contributed by atoms with E-state index in [1.54, 1.807) is 6.20 Å². The van der Waals surface area contributed by atoms with Gasteiger partial charge in [-0.3, -0.25) is 0 Å². The fourth-order valence-electron chi connectivity index (χ4n) is 1.45. The summed E-state index contributed by atoms with van der Waals surface area (Å²) in [5.41, 5.74) is 0.696. The molecular formula is C12H17ClN2O. The van der Waals surface area contributed by atoms with Crippen molar-refractivity contribution in [1.29, 1.82) is 0 Å². The molecule has 0 saturated carbocycles. The van der Waals surface area contributed by atoms with Gasteiger partial charge in [0.05, 0.1) is 11.6 Å². The van der Waals surface area contributed by atoms with E-state index >= 15 is 0 Å². The predicted molar refractivity (Wildman–Crippen MR) is 67.8 cm³/mol. The fourth-order valence-corrected chi connectivity index (χ4v) is 1.62. The van der Waals surface area contributed by atoms with Crippen molar-refractivity contribution in [3.05, 3.63) is 35.5 Å². The van der Waals surface area contributed by atoms with Crippen molar-refractivity contribution in [2.75, 3.05) is 11.4 Å². The first kappa shape index (κ1) is 13.0. The SMILES string of the molecule is C=CCN(c1cc(CO)c(Cl)cn1)C(C)C. The average Bonchev–Trinajstić information content (AvgIpc) is 2.26. The number of aliphatic hydroxyl groups excluding tert-OH is 1. The van der Waals surface area contributed by atoms with Gasteiger partial charge in [0, 0.05) is 24.3 Å². The monoisotopic (exact) mass is 240 g/mol. The van der Waals surface area contributed by atoms with Crippen LogP contribution >= 0.6 is 11.6 Å². The summed E-state index contributed by atoms with van der Waals surface area (Å²) in [6, 6.07) is 2.13. The molecule has 0 aliphatic carbocycles. The molecule has 3 nitrogen and oxygen atoms in total. The van der Waals surface area contributed by atoms with Crippen LogP contribution < -0.4 is 4.90 Å². The zero-order valence-electron chi connectivity index (χ0n) is 9.65. The second-order valence-electron chi connectivity index (χ2n) is 3.83. The molecule has 1 heterocycles. The van der Waals surface area contributed by atoms with Crippen molar-refractivity contribution < 1.29 is 5.11 Å².